The van der Waals surface area contributed by atoms with E-state index < -0.39 is 0 Å². The van der Waals surface area contributed by atoms with Crippen LogP contribution in [0, 0.1) is 6.92 Å². The minimum atomic E-state index is 1.07. The summed E-state index contributed by atoms with van der Waals surface area (Å²) in [4.78, 5) is 4.54. The highest BCUT2D eigenvalue weighted by Gasteiger charge is 1.92. The predicted octanol–water partition coefficient (Wildman–Crippen LogP) is 3.35. The topological polar surface area (TPSA) is 12.4 Å². The normalized spacial score (nSPS) is 9.92. The molecule has 1 nitrogen and oxygen atoms in total. The fraction of sp³-hybridized carbons (Fsp3) is 0.100. The Morgan fingerprint density at radius 2 is 1.77 bits per heavy atom. The van der Waals surface area contributed by atoms with Crippen molar-refractivity contribution in [1.82, 2.24) is 0 Å². The molecule has 0 spiro atoms. The molecule has 1 aromatic heterocycles. The van der Waals surface area contributed by atoms with Gasteiger partial charge in [-0.05, 0) is 18.6 Å². The first-order valence-electron chi connectivity index (χ1n) is 3.99. The standard InChI is InChI=1S/C10H9NS2/c1-8-4-2-3-5-9(8)11-10-12-6-7-13-10/h2-7H,1H3. The first kappa shape index (κ1) is 8.66. The summed E-state index contributed by atoms with van der Waals surface area (Å²) in [6.45, 7) is 2.08. The molecule has 0 unspecified atom stereocenters. The molecule has 0 radical (unpaired) electrons. The van der Waals surface area contributed by atoms with Crippen LogP contribution in [0.15, 0.2) is 40.0 Å². The zero-order chi connectivity index (χ0) is 9.10. The predicted molar refractivity (Wildman–Crippen MR) is 58.6 cm³/mol. The third-order valence-corrected chi connectivity index (χ3v) is 3.60. The molecule has 0 amide bonds. The Morgan fingerprint density at radius 3 is 2.46 bits per heavy atom. The zero-order valence-corrected chi connectivity index (χ0v) is 8.86. The Hall–Kier alpha value is -0.930. The van der Waals surface area contributed by atoms with Gasteiger partial charge in [0.25, 0.3) is 0 Å². The van der Waals surface area contributed by atoms with Crippen LogP contribution in [-0.2, 0) is 0 Å². The molecular formula is C10H9NS2. The highest BCUT2D eigenvalue weighted by atomic mass is 32.2. The van der Waals surface area contributed by atoms with Gasteiger partial charge in [0.05, 0.1) is 5.69 Å². The van der Waals surface area contributed by atoms with Crippen LogP contribution >= 0.6 is 22.7 Å². The molecule has 1 heterocycles. The summed E-state index contributed by atoms with van der Waals surface area (Å²) in [5.74, 6) is 0. The van der Waals surface area contributed by atoms with E-state index in [1.54, 1.807) is 22.7 Å². The van der Waals surface area contributed by atoms with Crippen molar-refractivity contribution in [2.45, 2.75) is 6.92 Å². The number of aryl methyl sites for hydroxylation is 1. The summed E-state index contributed by atoms with van der Waals surface area (Å²) in [6.07, 6.45) is 0. The van der Waals surface area contributed by atoms with E-state index >= 15 is 0 Å². The van der Waals surface area contributed by atoms with Crippen LogP contribution in [0.2, 0.25) is 0 Å². The third-order valence-electron chi connectivity index (χ3n) is 1.72. The molecule has 2 aromatic rings. The van der Waals surface area contributed by atoms with Gasteiger partial charge in [0.2, 0.25) is 0 Å². The molecule has 13 heavy (non-hydrogen) atoms. The third kappa shape index (κ3) is 2.05. The molecule has 0 bridgehead atoms. The quantitative estimate of drug-likeness (QED) is 0.680. The molecule has 0 aliphatic rings. The largest absolute Gasteiger partial charge is 0.227 e. The molecule has 3 heteroatoms. The number of hydrogen-bond acceptors (Lipinski definition) is 3. The van der Waals surface area contributed by atoms with E-state index in [1.807, 2.05) is 18.2 Å². The van der Waals surface area contributed by atoms with Crippen LogP contribution in [0.1, 0.15) is 5.56 Å². The summed E-state index contributed by atoms with van der Waals surface area (Å²) in [5, 5.41) is 4.11. The summed E-state index contributed by atoms with van der Waals surface area (Å²) < 4.78 is 1.11. The van der Waals surface area contributed by atoms with Crippen molar-refractivity contribution >= 4 is 28.4 Å². The number of nitrogens with zero attached hydrogens (tertiary/aromatic N) is 1. The van der Waals surface area contributed by atoms with Crippen LogP contribution in [-0.4, -0.2) is 0 Å². The van der Waals surface area contributed by atoms with Crippen molar-refractivity contribution in [3.8, 4) is 0 Å². The molecule has 0 aliphatic carbocycles. The van der Waals surface area contributed by atoms with Gasteiger partial charge in [0, 0.05) is 10.8 Å². The van der Waals surface area contributed by atoms with Crippen LogP contribution in [0.25, 0.3) is 0 Å². The van der Waals surface area contributed by atoms with Gasteiger partial charge in [-0.2, -0.15) is 0 Å². The van der Waals surface area contributed by atoms with Gasteiger partial charge in [-0.1, -0.05) is 18.2 Å². The van der Waals surface area contributed by atoms with Gasteiger partial charge in [0.15, 0.2) is 3.98 Å². The lowest BCUT2D eigenvalue weighted by Crippen LogP contribution is -1.84. The lowest BCUT2D eigenvalue weighted by atomic mass is 10.2. The molecule has 66 valence electrons. The number of benzene rings is 1. The van der Waals surface area contributed by atoms with Crippen LogP contribution in [0.4, 0.5) is 5.69 Å². The molecule has 0 saturated heterocycles. The zero-order valence-electron chi connectivity index (χ0n) is 7.23. The lowest BCUT2D eigenvalue weighted by Gasteiger charge is -1.95. The van der Waals surface area contributed by atoms with E-state index in [0.717, 1.165) is 9.67 Å². The van der Waals surface area contributed by atoms with Gasteiger partial charge in [0.1, 0.15) is 0 Å². The minimum absolute atomic E-state index is 1.07. The van der Waals surface area contributed by atoms with E-state index in [4.69, 9.17) is 0 Å². The fourth-order valence-corrected chi connectivity index (χ4v) is 2.57. The SMILES string of the molecule is Cc1ccccc1N=c1sccs1. The Balaban J connectivity index is 2.50. The monoisotopic (exact) mass is 207 g/mol. The molecule has 1 aromatic carbocycles. The molecule has 0 fully saturated rings. The smallest absolute Gasteiger partial charge is 0.170 e. The number of hydrogen-bond donors (Lipinski definition) is 0. The molecule has 0 N–H and O–H groups in total. The Bertz CT molecular complexity index is 437. The molecule has 0 aliphatic heterocycles. The Labute approximate surface area is 85.0 Å². The van der Waals surface area contributed by atoms with Crippen molar-refractivity contribution in [1.29, 1.82) is 0 Å². The second-order valence-corrected chi connectivity index (χ2v) is 4.72. The van der Waals surface area contributed by atoms with Crippen LogP contribution in [0.5, 0.6) is 0 Å². The van der Waals surface area contributed by atoms with Crippen molar-refractivity contribution in [3.05, 3.63) is 44.6 Å². The van der Waals surface area contributed by atoms with Crippen molar-refractivity contribution in [2.75, 3.05) is 0 Å². The average Bonchev–Trinajstić information content (AvgIpc) is 2.61. The van der Waals surface area contributed by atoms with Gasteiger partial charge in [-0.3, -0.25) is 0 Å². The van der Waals surface area contributed by atoms with Crippen molar-refractivity contribution in [3.63, 3.8) is 0 Å². The second-order valence-electron chi connectivity index (χ2n) is 2.67. The maximum atomic E-state index is 4.54. The molecular weight excluding hydrogens is 198 g/mol. The first-order valence-corrected chi connectivity index (χ1v) is 5.75. The maximum absolute atomic E-state index is 4.54. The summed E-state index contributed by atoms with van der Waals surface area (Å²) >= 11 is 3.36. The minimum Gasteiger partial charge on any atom is -0.227 e. The Morgan fingerprint density at radius 1 is 1.08 bits per heavy atom. The van der Waals surface area contributed by atoms with Gasteiger partial charge in [-0.15, -0.1) is 22.7 Å². The van der Waals surface area contributed by atoms with Gasteiger partial charge in [-0.25, -0.2) is 4.99 Å². The molecule has 0 atom stereocenters. The van der Waals surface area contributed by atoms with Crippen LogP contribution in [0.3, 0.4) is 0 Å². The van der Waals surface area contributed by atoms with Crippen molar-refractivity contribution in [2.24, 2.45) is 4.99 Å². The van der Waals surface area contributed by atoms with Crippen LogP contribution < -0.4 is 3.98 Å². The van der Waals surface area contributed by atoms with E-state index in [1.165, 1.54) is 5.56 Å². The Kier molecular flexibility index (Phi) is 2.57. The summed E-state index contributed by atoms with van der Waals surface area (Å²) in [5.41, 5.74) is 2.30. The first-order chi connectivity index (χ1) is 6.36. The van der Waals surface area contributed by atoms with Gasteiger partial charge < -0.3 is 0 Å². The number of para-hydroxylation sites is 1. The second kappa shape index (κ2) is 3.85. The maximum Gasteiger partial charge on any atom is 0.170 e. The van der Waals surface area contributed by atoms with E-state index in [2.05, 4.69) is 28.7 Å². The average molecular weight is 207 g/mol. The molecule has 2 rings (SSSR count). The highest BCUT2D eigenvalue weighted by Crippen LogP contribution is 2.16. The van der Waals surface area contributed by atoms with E-state index in [-0.39, 0.29) is 0 Å². The van der Waals surface area contributed by atoms with Gasteiger partial charge >= 0.3 is 0 Å². The van der Waals surface area contributed by atoms with Crippen molar-refractivity contribution < 1.29 is 0 Å². The van der Waals surface area contributed by atoms with E-state index in [0.29, 0.717) is 0 Å². The summed E-state index contributed by atoms with van der Waals surface area (Å²) in [7, 11) is 0. The lowest BCUT2D eigenvalue weighted by molar-refractivity contribution is 1.36. The molecule has 0 saturated carbocycles. The number of rotatable bonds is 1. The van der Waals surface area contributed by atoms with E-state index in [9.17, 15) is 0 Å². The highest BCUT2D eigenvalue weighted by molar-refractivity contribution is 7.24. The fourth-order valence-electron chi connectivity index (χ4n) is 1.04. The summed E-state index contributed by atoms with van der Waals surface area (Å²) in [6, 6.07) is 8.18.